The highest BCUT2D eigenvalue weighted by molar-refractivity contribution is 5.05. The van der Waals surface area contributed by atoms with Crippen molar-refractivity contribution in [3.63, 3.8) is 0 Å². The van der Waals surface area contributed by atoms with E-state index in [1.165, 1.54) is 16.8 Å². The minimum atomic E-state index is -0.803. The van der Waals surface area contributed by atoms with Crippen molar-refractivity contribution in [2.45, 2.75) is 24.9 Å². The van der Waals surface area contributed by atoms with Crippen LogP contribution in [0, 0.1) is 0 Å². The highest BCUT2D eigenvalue weighted by Gasteiger charge is 2.34. The summed E-state index contributed by atoms with van der Waals surface area (Å²) in [6, 6.07) is 1.41. The van der Waals surface area contributed by atoms with Crippen molar-refractivity contribution in [3.05, 3.63) is 22.7 Å². The predicted octanol–water partition coefficient (Wildman–Crippen LogP) is -1.86. The van der Waals surface area contributed by atoms with Crippen LogP contribution in [-0.2, 0) is 4.74 Å². The second kappa shape index (κ2) is 4.80. The fraction of sp³-hybridized carbons (Fsp3) is 0.556. The second-order valence-corrected chi connectivity index (χ2v) is 3.69. The number of nitrogens with two attached hydrogens (primary N) is 1. The van der Waals surface area contributed by atoms with Gasteiger partial charge >= 0.3 is 5.69 Å². The average molecular weight is 243 g/mol. The Labute approximate surface area is 96.2 Å². The van der Waals surface area contributed by atoms with Gasteiger partial charge in [-0.25, -0.2) is 4.79 Å². The number of nitrogens with zero attached hydrogens (tertiary/aromatic N) is 2. The minimum absolute atomic E-state index is 0.00324. The predicted molar refractivity (Wildman–Crippen MR) is 54.9 cm³/mol. The van der Waals surface area contributed by atoms with Crippen molar-refractivity contribution in [3.8, 4) is 5.88 Å². The van der Waals surface area contributed by atoms with Crippen LogP contribution in [-0.4, -0.2) is 38.6 Å². The van der Waals surface area contributed by atoms with Crippen LogP contribution in [0.25, 0.3) is 0 Å². The van der Waals surface area contributed by atoms with E-state index in [1.807, 2.05) is 0 Å². The first kappa shape index (κ1) is 12.0. The van der Waals surface area contributed by atoms with Crippen LogP contribution in [0.1, 0.15) is 12.6 Å². The molecule has 94 valence electrons. The maximum atomic E-state index is 11.6. The third-order valence-electron chi connectivity index (χ3n) is 2.62. The van der Waals surface area contributed by atoms with E-state index in [4.69, 9.17) is 15.7 Å². The Hall–Kier alpha value is -1.48. The van der Waals surface area contributed by atoms with Crippen LogP contribution in [0.2, 0.25) is 0 Å². The first-order chi connectivity index (χ1) is 8.15. The Bertz CT molecular complexity index is 449. The van der Waals surface area contributed by atoms with Crippen LogP contribution in [0.3, 0.4) is 0 Å². The highest BCUT2D eigenvalue weighted by Crippen LogP contribution is 2.27. The normalized spacial score (nSPS) is 28.3. The Balaban J connectivity index is 2.22. The summed E-state index contributed by atoms with van der Waals surface area (Å²) >= 11 is 0. The Morgan fingerprint density at radius 2 is 2.47 bits per heavy atom. The Morgan fingerprint density at radius 1 is 1.71 bits per heavy atom. The van der Waals surface area contributed by atoms with Crippen LogP contribution < -0.4 is 16.4 Å². The number of aromatic nitrogens is 2. The molecule has 0 saturated carbocycles. The molecule has 1 aromatic heterocycles. The van der Waals surface area contributed by atoms with Gasteiger partial charge in [0.2, 0.25) is 5.88 Å². The number of aliphatic hydroxyl groups is 2. The third-order valence-corrected chi connectivity index (χ3v) is 2.62. The molecule has 2 rings (SSSR count). The maximum absolute atomic E-state index is 11.6. The summed E-state index contributed by atoms with van der Waals surface area (Å²) in [5.74, 6) is 4.88. The largest absolute Gasteiger partial charge is 0.394 e. The van der Waals surface area contributed by atoms with Gasteiger partial charge in [-0.15, -0.1) is 0 Å². The zero-order chi connectivity index (χ0) is 12.4. The quantitative estimate of drug-likeness (QED) is 0.532. The fourth-order valence-corrected chi connectivity index (χ4v) is 1.73. The van der Waals surface area contributed by atoms with Gasteiger partial charge in [0.1, 0.15) is 12.3 Å². The first-order valence-corrected chi connectivity index (χ1v) is 5.06. The van der Waals surface area contributed by atoms with Crippen molar-refractivity contribution in [1.29, 1.82) is 0 Å². The lowest BCUT2D eigenvalue weighted by Crippen LogP contribution is -2.28. The lowest BCUT2D eigenvalue weighted by atomic mass is 10.2. The molecular weight excluding hydrogens is 230 g/mol. The van der Waals surface area contributed by atoms with Gasteiger partial charge in [0.05, 0.1) is 12.7 Å². The van der Waals surface area contributed by atoms with Crippen LogP contribution in [0.4, 0.5) is 0 Å². The van der Waals surface area contributed by atoms with Crippen molar-refractivity contribution >= 4 is 0 Å². The van der Waals surface area contributed by atoms with Crippen molar-refractivity contribution in [2.75, 3.05) is 6.61 Å². The molecular formula is C9H13N3O5. The van der Waals surface area contributed by atoms with E-state index in [1.54, 1.807) is 0 Å². The highest BCUT2D eigenvalue weighted by atomic mass is 16.6. The van der Waals surface area contributed by atoms with E-state index >= 15 is 0 Å². The van der Waals surface area contributed by atoms with Crippen molar-refractivity contribution in [1.82, 2.24) is 9.55 Å². The molecule has 0 radical (unpaired) electrons. The van der Waals surface area contributed by atoms with Crippen LogP contribution in [0.15, 0.2) is 17.1 Å². The third kappa shape index (κ3) is 2.29. The van der Waals surface area contributed by atoms with Crippen LogP contribution in [0.5, 0.6) is 5.88 Å². The molecule has 0 aromatic carbocycles. The minimum Gasteiger partial charge on any atom is -0.394 e. The molecule has 1 fully saturated rings. The van der Waals surface area contributed by atoms with E-state index < -0.39 is 24.1 Å². The molecule has 0 aliphatic carbocycles. The van der Waals surface area contributed by atoms with Gasteiger partial charge in [-0.2, -0.15) is 10.9 Å². The van der Waals surface area contributed by atoms with Gasteiger partial charge in [-0.3, -0.25) is 4.57 Å². The van der Waals surface area contributed by atoms with Crippen molar-refractivity contribution in [2.24, 2.45) is 5.90 Å². The standard InChI is InChI=1S/C9H13N3O5/c10-17-7-1-2-12(9(15)11-7)8-3-5(14)6(4-13)16-8/h1-2,5-6,8,13-14H,3-4,10H2/t5?,6-,8-/m1/s1. The summed E-state index contributed by atoms with van der Waals surface area (Å²) in [4.78, 5) is 19.4. The number of ether oxygens (including phenoxy) is 1. The Morgan fingerprint density at radius 3 is 3.00 bits per heavy atom. The molecule has 0 amide bonds. The van der Waals surface area contributed by atoms with Gasteiger partial charge in [-0.1, -0.05) is 0 Å². The van der Waals surface area contributed by atoms with E-state index in [0.717, 1.165) is 0 Å². The summed E-state index contributed by atoms with van der Waals surface area (Å²) in [5.41, 5.74) is -0.594. The Kier molecular flexibility index (Phi) is 3.38. The lowest BCUT2D eigenvalue weighted by Gasteiger charge is -2.14. The maximum Gasteiger partial charge on any atom is 0.353 e. The molecule has 8 heteroatoms. The molecule has 1 aromatic rings. The first-order valence-electron chi connectivity index (χ1n) is 5.06. The molecule has 3 atom stereocenters. The topological polar surface area (TPSA) is 120 Å². The van der Waals surface area contributed by atoms with Gasteiger partial charge in [0.15, 0.2) is 0 Å². The number of hydrogen-bond acceptors (Lipinski definition) is 7. The molecule has 4 N–H and O–H groups in total. The molecule has 8 nitrogen and oxygen atoms in total. The number of aliphatic hydroxyl groups excluding tert-OH is 2. The summed E-state index contributed by atoms with van der Waals surface area (Å²) in [5, 5.41) is 18.5. The molecule has 1 saturated heterocycles. The summed E-state index contributed by atoms with van der Waals surface area (Å²) in [6.45, 7) is -0.302. The molecule has 1 aliphatic heterocycles. The van der Waals surface area contributed by atoms with E-state index in [2.05, 4.69) is 9.82 Å². The zero-order valence-electron chi connectivity index (χ0n) is 8.89. The number of hydrogen-bond donors (Lipinski definition) is 3. The van der Waals surface area contributed by atoms with Crippen LogP contribution >= 0.6 is 0 Å². The lowest BCUT2D eigenvalue weighted by molar-refractivity contribution is -0.0459. The average Bonchev–Trinajstić information content (AvgIpc) is 2.70. The number of rotatable bonds is 3. The molecule has 17 heavy (non-hydrogen) atoms. The summed E-state index contributed by atoms with van der Waals surface area (Å²) in [7, 11) is 0. The summed E-state index contributed by atoms with van der Waals surface area (Å²) in [6.07, 6.45) is -0.502. The van der Waals surface area contributed by atoms with E-state index in [0.29, 0.717) is 0 Å². The molecule has 1 aliphatic rings. The van der Waals surface area contributed by atoms with Gasteiger partial charge < -0.3 is 19.8 Å². The summed E-state index contributed by atoms with van der Waals surface area (Å²) < 4.78 is 6.52. The SMILES string of the molecule is NOc1ccn([C@H]2CC(O)[C@@H](CO)O2)c(=O)n1. The van der Waals surface area contributed by atoms with E-state index in [-0.39, 0.29) is 18.9 Å². The monoisotopic (exact) mass is 243 g/mol. The zero-order valence-corrected chi connectivity index (χ0v) is 8.89. The molecule has 2 heterocycles. The van der Waals surface area contributed by atoms with Gasteiger partial charge in [-0.05, 0) is 0 Å². The van der Waals surface area contributed by atoms with Crippen molar-refractivity contribution < 1.29 is 19.8 Å². The van der Waals surface area contributed by atoms with Gasteiger partial charge in [0.25, 0.3) is 0 Å². The van der Waals surface area contributed by atoms with Gasteiger partial charge in [0, 0.05) is 18.7 Å². The molecule has 0 spiro atoms. The van der Waals surface area contributed by atoms with E-state index in [9.17, 15) is 9.90 Å². The molecule has 1 unspecified atom stereocenters. The second-order valence-electron chi connectivity index (χ2n) is 3.69. The molecule has 0 bridgehead atoms. The fourth-order valence-electron chi connectivity index (χ4n) is 1.73. The smallest absolute Gasteiger partial charge is 0.353 e.